The summed E-state index contributed by atoms with van der Waals surface area (Å²) in [5.41, 5.74) is 1.12. The maximum Gasteiger partial charge on any atom is 0.223 e. The molecule has 1 saturated heterocycles. The highest BCUT2D eigenvalue weighted by Gasteiger charge is 2.20. The Morgan fingerprint density at radius 1 is 1.20 bits per heavy atom. The number of halogens is 1. The number of aryl methyl sites for hydroxylation is 1. The van der Waals surface area contributed by atoms with Crippen molar-refractivity contribution in [1.82, 2.24) is 15.0 Å². The minimum Gasteiger partial charge on any atom is -0.368 e. The number of para-hydroxylation sites is 1. The molecular weight excluding hydrogens is 276 g/mol. The molecule has 1 fully saturated rings. The van der Waals surface area contributed by atoms with Crippen LogP contribution in [0.25, 0.3) is 0 Å². The maximum absolute atomic E-state index is 6.24. The minimum absolute atomic E-state index is 0.620. The summed E-state index contributed by atoms with van der Waals surface area (Å²) in [4.78, 5) is 8.89. The third-order valence-electron chi connectivity index (χ3n) is 3.50. The number of hydrogen-bond donors (Lipinski definition) is 0. The zero-order valence-corrected chi connectivity index (χ0v) is 12.2. The van der Waals surface area contributed by atoms with Crippen LogP contribution < -0.4 is 4.90 Å². The average Bonchev–Trinajstić information content (AvgIpc) is 2.86. The Labute approximate surface area is 123 Å². The summed E-state index contributed by atoms with van der Waals surface area (Å²) in [7, 11) is 0. The van der Waals surface area contributed by atoms with Gasteiger partial charge in [0.25, 0.3) is 0 Å². The number of benzene rings is 1. The molecule has 0 atom stereocenters. The molecule has 5 nitrogen and oxygen atoms in total. The fourth-order valence-corrected chi connectivity index (χ4v) is 2.72. The summed E-state index contributed by atoms with van der Waals surface area (Å²) in [6, 6.07) is 7.99. The molecule has 1 aliphatic rings. The Hall–Kier alpha value is -1.59. The van der Waals surface area contributed by atoms with Gasteiger partial charge >= 0.3 is 0 Å². The van der Waals surface area contributed by atoms with Gasteiger partial charge in [0.15, 0.2) is 5.82 Å². The molecule has 0 spiro atoms. The van der Waals surface area contributed by atoms with Gasteiger partial charge in [-0.1, -0.05) is 28.9 Å². The molecule has 3 rings (SSSR count). The molecule has 0 saturated carbocycles. The van der Waals surface area contributed by atoms with E-state index in [0.717, 1.165) is 49.3 Å². The quantitative estimate of drug-likeness (QED) is 0.869. The van der Waals surface area contributed by atoms with Gasteiger partial charge in [-0.05, 0) is 12.1 Å². The van der Waals surface area contributed by atoms with Crippen molar-refractivity contribution in [1.29, 1.82) is 0 Å². The first-order chi connectivity index (χ1) is 9.72. The zero-order chi connectivity index (χ0) is 13.9. The summed E-state index contributed by atoms with van der Waals surface area (Å²) in [6.45, 7) is 6.41. The third kappa shape index (κ3) is 2.94. The molecule has 0 N–H and O–H groups in total. The maximum atomic E-state index is 6.24. The molecular formula is C14H17ClN4O. The first kappa shape index (κ1) is 13.4. The van der Waals surface area contributed by atoms with Crippen molar-refractivity contribution in [2.75, 3.05) is 31.1 Å². The Morgan fingerprint density at radius 3 is 2.60 bits per heavy atom. The summed E-state index contributed by atoms with van der Waals surface area (Å²) in [6.07, 6.45) is 0. The van der Waals surface area contributed by atoms with Crippen molar-refractivity contribution < 1.29 is 4.52 Å². The summed E-state index contributed by atoms with van der Waals surface area (Å²) in [5.74, 6) is 1.38. The zero-order valence-electron chi connectivity index (χ0n) is 11.4. The van der Waals surface area contributed by atoms with E-state index in [1.165, 1.54) is 0 Å². The van der Waals surface area contributed by atoms with Crippen molar-refractivity contribution in [3.8, 4) is 0 Å². The van der Waals surface area contributed by atoms with E-state index in [4.69, 9.17) is 16.1 Å². The van der Waals surface area contributed by atoms with Crippen LogP contribution in [0.3, 0.4) is 0 Å². The fourth-order valence-electron chi connectivity index (χ4n) is 2.46. The van der Waals surface area contributed by atoms with E-state index >= 15 is 0 Å². The van der Waals surface area contributed by atoms with Crippen LogP contribution in [-0.2, 0) is 6.54 Å². The molecule has 1 aliphatic heterocycles. The normalized spacial score (nSPS) is 16.6. The number of piperazine rings is 1. The fraction of sp³-hybridized carbons (Fsp3) is 0.429. The van der Waals surface area contributed by atoms with Crippen LogP contribution in [0.4, 0.5) is 5.69 Å². The van der Waals surface area contributed by atoms with Gasteiger partial charge < -0.3 is 9.42 Å². The highest BCUT2D eigenvalue weighted by molar-refractivity contribution is 6.33. The van der Waals surface area contributed by atoms with Crippen LogP contribution in [0.1, 0.15) is 11.7 Å². The van der Waals surface area contributed by atoms with Crippen LogP contribution in [-0.4, -0.2) is 41.2 Å². The van der Waals surface area contributed by atoms with Crippen molar-refractivity contribution in [2.45, 2.75) is 13.5 Å². The second kappa shape index (κ2) is 5.81. The molecule has 0 aliphatic carbocycles. The molecule has 0 unspecified atom stereocenters. The SMILES string of the molecule is Cc1nc(CN2CCN(c3ccccc3Cl)CC2)no1. The average molecular weight is 293 g/mol. The van der Waals surface area contributed by atoms with Gasteiger partial charge in [-0.2, -0.15) is 4.98 Å². The predicted octanol–water partition coefficient (Wildman–Crippen LogP) is 2.35. The summed E-state index contributed by atoms with van der Waals surface area (Å²) < 4.78 is 5.00. The van der Waals surface area contributed by atoms with Gasteiger partial charge in [-0.25, -0.2) is 0 Å². The topological polar surface area (TPSA) is 45.4 Å². The Kier molecular flexibility index (Phi) is 3.89. The van der Waals surface area contributed by atoms with Gasteiger partial charge in [0, 0.05) is 33.1 Å². The Bertz CT molecular complexity index is 578. The van der Waals surface area contributed by atoms with E-state index in [2.05, 4.69) is 26.0 Å². The summed E-state index contributed by atoms with van der Waals surface area (Å²) in [5, 5.41) is 4.75. The molecule has 1 aromatic heterocycles. The van der Waals surface area contributed by atoms with Crippen molar-refractivity contribution >= 4 is 17.3 Å². The lowest BCUT2D eigenvalue weighted by Crippen LogP contribution is -2.46. The molecule has 6 heteroatoms. The molecule has 1 aromatic carbocycles. The van der Waals surface area contributed by atoms with Crippen LogP contribution in [0.15, 0.2) is 28.8 Å². The van der Waals surface area contributed by atoms with E-state index in [9.17, 15) is 0 Å². The largest absolute Gasteiger partial charge is 0.368 e. The Balaban J connectivity index is 1.58. The van der Waals surface area contributed by atoms with Gasteiger partial charge in [-0.3, -0.25) is 4.90 Å². The Morgan fingerprint density at radius 2 is 1.95 bits per heavy atom. The summed E-state index contributed by atoms with van der Waals surface area (Å²) >= 11 is 6.24. The lowest BCUT2D eigenvalue weighted by atomic mass is 10.2. The lowest BCUT2D eigenvalue weighted by molar-refractivity contribution is 0.240. The molecule has 2 aromatic rings. The first-order valence-corrected chi connectivity index (χ1v) is 7.11. The minimum atomic E-state index is 0.620. The molecule has 0 amide bonds. The number of nitrogens with zero attached hydrogens (tertiary/aromatic N) is 4. The molecule has 0 radical (unpaired) electrons. The van der Waals surface area contributed by atoms with E-state index in [0.29, 0.717) is 5.89 Å². The molecule has 2 heterocycles. The van der Waals surface area contributed by atoms with E-state index in [1.54, 1.807) is 0 Å². The standard InChI is InChI=1S/C14H17ClN4O/c1-11-16-14(17-20-11)10-18-6-8-19(9-7-18)13-5-3-2-4-12(13)15/h2-5H,6-10H2,1H3. The van der Waals surface area contributed by atoms with Crippen LogP contribution in [0.5, 0.6) is 0 Å². The number of rotatable bonds is 3. The highest BCUT2D eigenvalue weighted by atomic mass is 35.5. The predicted molar refractivity (Wildman–Crippen MR) is 78.0 cm³/mol. The van der Waals surface area contributed by atoms with Crippen LogP contribution in [0, 0.1) is 6.92 Å². The molecule has 20 heavy (non-hydrogen) atoms. The van der Waals surface area contributed by atoms with E-state index < -0.39 is 0 Å². The lowest BCUT2D eigenvalue weighted by Gasteiger charge is -2.35. The third-order valence-corrected chi connectivity index (χ3v) is 3.82. The highest BCUT2D eigenvalue weighted by Crippen LogP contribution is 2.26. The smallest absolute Gasteiger partial charge is 0.223 e. The van der Waals surface area contributed by atoms with Gasteiger partial charge in [0.05, 0.1) is 17.3 Å². The monoisotopic (exact) mass is 292 g/mol. The van der Waals surface area contributed by atoms with Crippen molar-refractivity contribution in [3.05, 3.63) is 41.0 Å². The van der Waals surface area contributed by atoms with Crippen molar-refractivity contribution in [3.63, 3.8) is 0 Å². The van der Waals surface area contributed by atoms with Gasteiger partial charge in [-0.15, -0.1) is 0 Å². The number of hydrogen-bond acceptors (Lipinski definition) is 5. The first-order valence-electron chi connectivity index (χ1n) is 6.73. The number of anilines is 1. The number of aromatic nitrogens is 2. The molecule has 106 valence electrons. The molecule has 0 bridgehead atoms. The van der Waals surface area contributed by atoms with Gasteiger partial charge in [0.1, 0.15) is 0 Å². The van der Waals surface area contributed by atoms with Crippen molar-refractivity contribution in [2.24, 2.45) is 0 Å². The second-order valence-corrected chi connectivity index (χ2v) is 5.35. The van der Waals surface area contributed by atoms with Gasteiger partial charge in [0.2, 0.25) is 5.89 Å². The van der Waals surface area contributed by atoms with Crippen LogP contribution >= 0.6 is 11.6 Å². The van der Waals surface area contributed by atoms with E-state index in [1.807, 2.05) is 25.1 Å². The van der Waals surface area contributed by atoms with Crippen LogP contribution in [0.2, 0.25) is 5.02 Å². The second-order valence-electron chi connectivity index (χ2n) is 4.94. The van der Waals surface area contributed by atoms with E-state index in [-0.39, 0.29) is 0 Å².